The maximum absolute atomic E-state index is 13.5. The number of carbonyl (C=O) groups is 1. The number of Topliss-reactive ketones (excluding diaryl/α,β-unsaturated/α-hetero) is 1. The quantitative estimate of drug-likeness (QED) is 0.739. The first kappa shape index (κ1) is 13.6. The van der Waals surface area contributed by atoms with Crippen molar-refractivity contribution in [3.8, 4) is 5.75 Å². The number of hydrogen-bond acceptors (Lipinski definition) is 3. The standard InChI is InChI=1S/C13H18FNO2/c1-3-17-13-5-4-11(8-12(13)14)6-7-15-9-10(2)16/h4-5,8,15H,3,6-7,9H2,1-2H3. The van der Waals surface area contributed by atoms with Crippen molar-refractivity contribution in [1.29, 1.82) is 0 Å². The van der Waals surface area contributed by atoms with Gasteiger partial charge >= 0.3 is 0 Å². The predicted octanol–water partition coefficient (Wildman–Crippen LogP) is 1.95. The van der Waals surface area contributed by atoms with Crippen LogP contribution in [-0.4, -0.2) is 25.5 Å². The molecule has 0 aliphatic carbocycles. The normalized spacial score (nSPS) is 10.3. The van der Waals surface area contributed by atoms with Gasteiger partial charge in [0.15, 0.2) is 11.6 Å². The van der Waals surface area contributed by atoms with Crippen molar-refractivity contribution in [2.75, 3.05) is 19.7 Å². The van der Waals surface area contributed by atoms with Gasteiger partial charge in [-0.2, -0.15) is 0 Å². The van der Waals surface area contributed by atoms with E-state index in [-0.39, 0.29) is 17.3 Å². The zero-order valence-corrected chi connectivity index (χ0v) is 10.3. The molecule has 0 atom stereocenters. The van der Waals surface area contributed by atoms with Gasteiger partial charge in [0.1, 0.15) is 5.78 Å². The minimum Gasteiger partial charge on any atom is -0.491 e. The summed E-state index contributed by atoms with van der Waals surface area (Å²) >= 11 is 0. The zero-order chi connectivity index (χ0) is 12.7. The second-order valence-electron chi connectivity index (χ2n) is 3.83. The maximum atomic E-state index is 13.5. The lowest BCUT2D eigenvalue weighted by atomic mass is 10.1. The fourth-order valence-electron chi connectivity index (χ4n) is 1.47. The molecule has 0 aromatic heterocycles. The number of ketones is 1. The van der Waals surface area contributed by atoms with Crippen LogP contribution in [0.25, 0.3) is 0 Å². The molecule has 0 aliphatic rings. The van der Waals surface area contributed by atoms with Crippen LogP contribution in [0.4, 0.5) is 4.39 Å². The molecular formula is C13H18FNO2. The maximum Gasteiger partial charge on any atom is 0.165 e. The molecule has 3 nitrogen and oxygen atoms in total. The minimum absolute atomic E-state index is 0.0999. The van der Waals surface area contributed by atoms with E-state index in [2.05, 4.69) is 5.32 Å². The first-order chi connectivity index (χ1) is 8.13. The summed E-state index contributed by atoms with van der Waals surface area (Å²) in [5.74, 6) is 0.0479. The highest BCUT2D eigenvalue weighted by Gasteiger charge is 2.04. The number of ether oxygens (including phenoxy) is 1. The number of nitrogens with one attached hydrogen (secondary N) is 1. The summed E-state index contributed by atoms with van der Waals surface area (Å²) < 4.78 is 18.6. The van der Waals surface area contributed by atoms with Crippen molar-refractivity contribution < 1.29 is 13.9 Å². The SMILES string of the molecule is CCOc1ccc(CCNCC(C)=O)cc1F. The summed E-state index contributed by atoms with van der Waals surface area (Å²) in [6.07, 6.45) is 0.691. The Hall–Kier alpha value is -1.42. The van der Waals surface area contributed by atoms with Crippen LogP contribution >= 0.6 is 0 Å². The highest BCUT2D eigenvalue weighted by molar-refractivity contribution is 5.77. The molecule has 0 heterocycles. The van der Waals surface area contributed by atoms with Crippen molar-refractivity contribution in [3.05, 3.63) is 29.6 Å². The van der Waals surface area contributed by atoms with Crippen molar-refractivity contribution in [3.63, 3.8) is 0 Å². The van der Waals surface area contributed by atoms with Gasteiger partial charge in [0, 0.05) is 0 Å². The minimum atomic E-state index is -0.337. The van der Waals surface area contributed by atoms with Crippen LogP contribution in [0.15, 0.2) is 18.2 Å². The number of halogens is 1. The van der Waals surface area contributed by atoms with Gasteiger partial charge in [0.25, 0.3) is 0 Å². The third-order valence-electron chi connectivity index (χ3n) is 2.26. The van der Waals surface area contributed by atoms with E-state index >= 15 is 0 Å². The Labute approximate surface area is 101 Å². The van der Waals surface area contributed by atoms with E-state index in [9.17, 15) is 9.18 Å². The molecule has 0 spiro atoms. The molecule has 0 unspecified atom stereocenters. The Kier molecular flexibility index (Phi) is 5.63. The van der Waals surface area contributed by atoms with E-state index in [1.807, 2.05) is 13.0 Å². The number of carbonyl (C=O) groups excluding carboxylic acids is 1. The Morgan fingerprint density at radius 1 is 1.47 bits per heavy atom. The average Bonchev–Trinajstić information content (AvgIpc) is 2.28. The highest BCUT2D eigenvalue weighted by atomic mass is 19.1. The first-order valence-corrected chi connectivity index (χ1v) is 5.75. The summed E-state index contributed by atoms with van der Waals surface area (Å²) in [6, 6.07) is 4.95. The van der Waals surface area contributed by atoms with E-state index in [4.69, 9.17) is 4.74 Å². The zero-order valence-electron chi connectivity index (χ0n) is 10.3. The van der Waals surface area contributed by atoms with Crippen LogP contribution < -0.4 is 10.1 Å². The first-order valence-electron chi connectivity index (χ1n) is 5.75. The van der Waals surface area contributed by atoms with Crippen LogP contribution in [0.5, 0.6) is 5.75 Å². The summed E-state index contributed by atoms with van der Waals surface area (Å²) in [7, 11) is 0. The molecule has 4 heteroatoms. The van der Waals surface area contributed by atoms with Crippen LogP contribution in [0, 0.1) is 5.82 Å². The molecule has 0 fully saturated rings. The molecule has 1 N–H and O–H groups in total. The van der Waals surface area contributed by atoms with Crippen LogP contribution in [0.3, 0.4) is 0 Å². The van der Waals surface area contributed by atoms with Gasteiger partial charge in [-0.1, -0.05) is 6.07 Å². The van der Waals surface area contributed by atoms with Gasteiger partial charge in [-0.05, 0) is 44.5 Å². The topological polar surface area (TPSA) is 38.3 Å². The van der Waals surface area contributed by atoms with Gasteiger partial charge in [-0.3, -0.25) is 4.79 Å². The summed E-state index contributed by atoms with van der Waals surface area (Å²) in [4.78, 5) is 10.7. The van der Waals surface area contributed by atoms with Crippen molar-refractivity contribution in [2.24, 2.45) is 0 Å². The summed E-state index contributed by atoms with van der Waals surface area (Å²) in [6.45, 7) is 4.82. The predicted molar refractivity (Wildman–Crippen MR) is 64.8 cm³/mol. The third kappa shape index (κ3) is 4.95. The molecule has 0 saturated carbocycles. The van der Waals surface area contributed by atoms with E-state index in [0.717, 1.165) is 5.56 Å². The van der Waals surface area contributed by atoms with E-state index in [1.165, 1.54) is 13.0 Å². The molecule has 1 aromatic carbocycles. The molecular weight excluding hydrogens is 221 g/mol. The fourth-order valence-corrected chi connectivity index (χ4v) is 1.47. The number of benzene rings is 1. The summed E-state index contributed by atoms with van der Waals surface area (Å²) in [5, 5.41) is 2.99. The Bertz CT molecular complexity index is 380. The molecule has 0 amide bonds. The molecule has 94 valence electrons. The molecule has 0 saturated heterocycles. The molecule has 0 radical (unpaired) electrons. The smallest absolute Gasteiger partial charge is 0.165 e. The Morgan fingerprint density at radius 2 is 2.24 bits per heavy atom. The van der Waals surface area contributed by atoms with Gasteiger partial charge < -0.3 is 10.1 Å². The highest BCUT2D eigenvalue weighted by Crippen LogP contribution is 2.18. The van der Waals surface area contributed by atoms with Crippen LogP contribution in [0.2, 0.25) is 0 Å². The van der Waals surface area contributed by atoms with Gasteiger partial charge in [0.05, 0.1) is 13.2 Å². The largest absolute Gasteiger partial charge is 0.491 e. The van der Waals surface area contributed by atoms with Crippen LogP contribution in [0.1, 0.15) is 19.4 Å². The Balaban J connectivity index is 2.44. The number of hydrogen-bond donors (Lipinski definition) is 1. The second kappa shape index (κ2) is 7.01. The van der Waals surface area contributed by atoms with Crippen molar-refractivity contribution >= 4 is 5.78 Å². The van der Waals surface area contributed by atoms with Gasteiger partial charge in [-0.15, -0.1) is 0 Å². The molecule has 1 rings (SSSR count). The molecule has 1 aromatic rings. The second-order valence-corrected chi connectivity index (χ2v) is 3.83. The molecule has 0 aliphatic heterocycles. The van der Waals surface area contributed by atoms with E-state index < -0.39 is 0 Å². The fraction of sp³-hybridized carbons (Fsp3) is 0.462. The lowest BCUT2D eigenvalue weighted by Gasteiger charge is -2.07. The molecule has 0 bridgehead atoms. The lowest BCUT2D eigenvalue weighted by molar-refractivity contribution is -0.116. The van der Waals surface area contributed by atoms with Crippen molar-refractivity contribution in [1.82, 2.24) is 5.32 Å². The number of rotatable bonds is 7. The monoisotopic (exact) mass is 239 g/mol. The van der Waals surface area contributed by atoms with E-state index in [1.54, 1.807) is 6.07 Å². The van der Waals surface area contributed by atoms with Crippen molar-refractivity contribution in [2.45, 2.75) is 20.3 Å². The average molecular weight is 239 g/mol. The Morgan fingerprint density at radius 3 is 2.82 bits per heavy atom. The van der Waals surface area contributed by atoms with Gasteiger partial charge in [-0.25, -0.2) is 4.39 Å². The van der Waals surface area contributed by atoms with Gasteiger partial charge in [0.2, 0.25) is 0 Å². The third-order valence-corrected chi connectivity index (χ3v) is 2.26. The van der Waals surface area contributed by atoms with Crippen LogP contribution in [-0.2, 0) is 11.2 Å². The molecule has 17 heavy (non-hydrogen) atoms. The lowest BCUT2D eigenvalue weighted by Crippen LogP contribution is -2.23. The van der Waals surface area contributed by atoms with E-state index in [0.29, 0.717) is 26.1 Å². The summed E-state index contributed by atoms with van der Waals surface area (Å²) in [5.41, 5.74) is 0.891.